The van der Waals surface area contributed by atoms with Crippen molar-refractivity contribution in [3.8, 4) is 0 Å². The van der Waals surface area contributed by atoms with Crippen LogP contribution >= 0.6 is 0 Å². The summed E-state index contributed by atoms with van der Waals surface area (Å²) < 4.78 is 40.7. The van der Waals surface area contributed by atoms with E-state index in [1.54, 1.807) is 6.07 Å². The maximum Gasteiger partial charge on any atom is 0.416 e. The van der Waals surface area contributed by atoms with Crippen molar-refractivity contribution in [1.82, 2.24) is 25.1 Å². The Balaban J connectivity index is 1.37. The third-order valence-corrected chi connectivity index (χ3v) is 5.51. The molecule has 0 spiro atoms. The standard InChI is InChI=1S/C18H23F3N6/c19-18(20,21)14-4-3-7-16(12-14)26-10-8-25(9-11-26)13-17-22-23-24-27(17)15-5-1-2-6-15/h3-4,7,12,15H,1-2,5-6,8-11,13H2. The van der Waals surface area contributed by atoms with Crippen LogP contribution in [0.1, 0.15) is 43.1 Å². The van der Waals surface area contributed by atoms with Crippen LogP contribution in [0.25, 0.3) is 0 Å². The van der Waals surface area contributed by atoms with Crippen LogP contribution in [0.2, 0.25) is 0 Å². The number of rotatable bonds is 4. The van der Waals surface area contributed by atoms with Crippen LogP contribution in [0.15, 0.2) is 24.3 Å². The first-order valence-corrected chi connectivity index (χ1v) is 9.42. The number of halogens is 3. The van der Waals surface area contributed by atoms with E-state index >= 15 is 0 Å². The van der Waals surface area contributed by atoms with Gasteiger partial charge >= 0.3 is 6.18 Å². The summed E-state index contributed by atoms with van der Waals surface area (Å²) in [6.07, 6.45) is 0.386. The summed E-state index contributed by atoms with van der Waals surface area (Å²) in [5.41, 5.74) is 0.0263. The molecular formula is C18H23F3N6. The zero-order valence-electron chi connectivity index (χ0n) is 15.1. The molecule has 1 aliphatic carbocycles. The number of hydrogen-bond acceptors (Lipinski definition) is 5. The van der Waals surface area contributed by atoms with Gasteiger partial charge in [0.1, 0.15) is 0 Å². The highest BCUT2D eigenvalue weighted by molar-refractivity contribution is 5.49. The minimum absolute atomic E-state index is 0.404. The van der Waals surface area contributed by atoms with Crippen molar-refractivity contribution >= 4 is 5.69 Å². The Hall–Kier alpha value is -2.16. The van der Waals surface area contributed by atoms with Crippen LogP contribution in [-0.4, -0.2) is 51.3 Å². The monoisotopic (exact) mass is 380 g/mol. The second-order valence-corrected chi connectivity index (χ2v) is 7.29. The summed E-state index contributed by atoms with van der Waals surface area (Å²) in [7, 11) is 0. The molecule has 0 N–H and O–H groups in total. The van der Waals surface area contributed by atoms with E-state index in [1.807, 2.05) is 9.58 Å². The quantitative estimate of drug-likeness (QED) is 0.816. The number of tetrazole rings is 1. The zero-order chi connectivity index (χ0) is 18.9. The van der Waals surface area contributed by atoms with Crippen LogP contribution in [0.4, 0.5) is 18.9 Å². The Bertz CT molecular complexity index is 760. The Morgan fingerprint density at radius 3 is 2.48 bits per heavy atom. The normalized spacial score (nSPS) is 19.7. The zero-order valence-corrected chi connectivity index (χ0v) is 15.1. The molecule has 1 aliphatic heterocycles. The van der Waals surface area contributed by atoms with Gasteiger partial charge in [-0.2, -0.15) is 13.2 Å². The molecule has 2 fully saturated rings. The molecule has 0 radical (unpaired) electrons. The smallest absolute Gasteiger partial charge is 0.369 e. The molecular weight excluding hydrogens is 357 g/mol. The van der Waals surface area contributed by atoms with Gasteiger partial charge in [0.15, 0.2) is 5.82 Å². The molecule has 146 valence electrons. The van der Waals surface area contributed by atoms with Gasteiger partial charge < -0.3 is 4.90 Å². The van der Waals surface area contributed by atoms with Crippen molar-refractivity contribution in [2.75, 3.05) is 31.1 Å². The van der Waals surface area contributed by atoms with Crippen LogP contribution in [0.3, 0.4) is 0 Å². The van der Waals surface area contributed by atoms with Crippen molar-refractivity contribution in [2.24, 2.45) is 0 Å². The molecule has 1 saturated carbocycles. The van der Waals surface area contributed by atoms with E-state index in [2.05, 4.69) is 20.4 Å². The van der Waals surface area contributed by atoms with Crippen molar-refractivity contribution in [3.05, 3.63) is 35.7 Å². The molecule has 4 rings (SSSR count). The summed E-state index contributed by atoms with van der Waals surface area (Å²) in [4.78, 5) is 4.27. The largest absolute Gasteiger partial charge is 0.416 e. The summed E-state index contributed by atoms with van der Waals surface area (Å²) >= 11 is 0. The van der Waals surface area contributed by atoms with Crippen molar-refractivity contribution in [2.45, 2.75) is 44.4 Å². The molecule has 1 saturated heterocycles. The lowest BCUT2D eigenvalue weighted by molar-refractivity contribution is -0.137. The summed E-state index contributed by atoms with van der Waals surface area (Å²) in [5, 5.41) is 12.2. The lowest BCUT2D eigenvalue weighted by atomic mass is 10.1. The Labute approximate surface area is 155 Å². The third-order valence-electron chi connectivity index (χ3n) is 5.51. The predicted octanol–water partition coefficient (Wildman–Crippen LogP) is 3.13. The maximum atomic E-state index is 12.9. The topological polar surface area (TPSA) is 50.1 Å². The van der Waals surface area contributed by atoms with Crippen molar-refractivity contribution in [3.63, 3.8) is 0 Å². The highest BCUT2D eigenvalue weighted by Gasteiger charge is 2.31. The minimum Gasteiger partial charge on any atom is -0.369 e. The predicted molar refractivity (Wildman–Crippen MR) is 94.3 cm³/mol. The lowest BCUT2D eigenvalue weighted by Gasteiger charge is -2.36. The molecule has 27 heavy (non-hydrogen) atoms. The molecule has 6 nitrogen and oxygen atoms in total. The Kier molecular flexibility index (Phi) is 5.03. The summed E-state index contributed by atoms with van der Waals surface area (Å²) in [6, 6.07) is 5.96. The number of aromatic nitrogens is 4. The highest BCUT2D eigenvalue weighted by atomic mass is 19.4. The average molecular weight is 380 g/mol. The number of piperazine rings is 1. The molecule has 1 aromatic heterocycles. The fourth-order valence-electron chi connectivity index (χ4n) is 3.99. The van der Waals surface area contributed by atoms with Crippen LogP contribution < -0.4 is 4.90 Å². The van der Waals surface area contributed by atoms with Gasteiger partial charge in [-0.15, -0.1) is 5.10 Å². The molecule has 2 aliphatic rings. The van der Waals surface area contributed by atoms with Gasteiger partial charge in [-0.1, -0.05) is 18.9 Å². The first kappa shape index (κ1) is 18.2. The van der Waals surface area contributed by atoms with E-state index in [0.717, 1.165) is 37.8 Å². The molecule has 0 bridgehead atoms. The minimum atomic E-state index is -4.31. The van der Waals surface area contributed by atoms with E-state index in [4.69, 9.17) is 0 Å². The van der Waals surface area contributed by atoms with E-state index in [1.165, 1.54) is 25.0 Å². The van der Waals surface area contributed by atoms with Gasteiger partial charge in [-0.05, 0) is 41.5 Å². The third kappa shape index (κ3) is 4.07. The van der Waals surface area contributed by atoms with Crippen molar-refractivity contribution in [1.29, 1.82) is 0 Å². The molecule has 0 atom stereocenters. The van der Waals surface area contributed by atoms with Gasteiger partial charge in [-0.3, -0.25) is 4.90 Å². The van der Waals surface area contributed by atoms with Gasteiger partial charge in [0.25, 0.3) is 0 Å². The molecule has 2 heterocycles. The van der Waals surface area contributed by atoms with Crippen LogP contribution in [0.5, 0.6) is 0 Å². The van der Waals surface area contributed by atoms with E-state index in [0.29, 0.717) is 31.4 Å². The molecule has 9 heteroatoms. The summed E-state index contributed by atoms with van der Waals surface area (Å²) in [6.45, 7) is 3.60. The lowest BCUT2D eigenvalue weighted by Crippen LogP contribution is -2.46. The number of benzene rings is 1. The van der Waals surface area contributed by atoms with Gasteiger partial charge in [-0.25, -0.2) is 4.68 Å². The fourth-order valence-corrected chi connectivity index (χ4v) is 3.99. The maximum absolute atomic E-state index is 12.9. The van der Waals surface area contributed by atoms with Crippen molar-refractivity contribution < 1.29 is 13.2 Å². The van der Waals surface area contributed by atoms with Gasteiger partial charge in [0, 0.05) is 31.9 Å². The van der Waals surface area contributed by atoms with Crippen LogP contribution in [0, 0.1) is 0 Å². The first-order chi connectivity index (χ1) is 13.0. The van der Waals surface area contributed by atoms with E-state index in [-0.39, 0.29) is 0 Å². The second kappa shape index (κ2) is 7.46. The molecule has 1 aromatic carbocycles. The Morgan fingerprint density at radius 1 is 1.04 bits per heavy atom. The average Bonchev–Trinajstić information content (AvgIpc) is 3.33. The van der Waals surface area contributed by atoms with Gasteiger partial charge in [0.05, 0.1) is 18.2 Å². The highest BCUT2D eigenvalue weighted by Crippen LogP contribution is 2.32. The number of nitrogens with zero attached hydrogens (tertiary/aromatic N) is 6. The SMILES string of the molecule is FC(F)(F)c1cccc(N2CCN(Cc3nnnn3C3CCCC3)CC2)c1. The number of hydrogen-bond donors (Lipinski definition) is 0. The molecule has 2 aromatic rings. The fraction of sp³-hybridized carbons (Fsp3) is 0.611. The number of alkyl halides is 3. The number of anilines is 1. The Morgan fingerprint density at radius 2 is 1.78 bits per heavy atom. The van der Waals surface area contributed by atoms with E-state index < -0.39 is 11.7 Å². The summed E-state index contributed by atoms with van der Waals surface area (Å²) in [5.74, 6) is 0.884. The molecule has 0 unspecified atom stereocenters. The second-order valence-electron chi connectivity index (χ2n) is 7.29. The van der Waals surface area contributed by atoms with E-state index in [9.17, 15) is 13.2 Å². The van der Waals surface area contributed by atoms with Gasteiger partial charge in [0.2, 0.25) is 0 Å². The first-order valence-electron chi connectivity index (χ1n) is 9.42. The van der Waals surface area contributed by atoms with Crippen LogP contribution in [-0.2, 0) is 12.7 Å². The molecule has 0 amide bonds.